The van der Waals surface area contributed by atoms with Crippen LogP contribution in [0.2, 0.25) is 0 Å². The highest BCUT2D eigenvalue weighted by Gasteiger charge is 2.70. The Morgan fingerprint density at radius 3 is 1.38 bits per heavy atom. The predicted octanol–water partition coefficient (Wildman–Crippen LogP) is 6.96. The van der Waals surface area contributed by atoms with Gasteiger partial charge in [0.05, 0.1) is 5.71 Å². The van der Waals surface area contributed by atoms with Gasteiger partial charge in [0.25, 0.3) is 0 Å². The van der Waals surface area contributed by atoms with E-state index >= 15 is 9.13 Å². The molecule has 2 aliphatic carbocycles. The molecular formula is C38H32FNO3P2. The van der Waals surface area contributed by atoms with Crippen molar-refractivity contribution >= 4 is 41.2 Å². The van der Waals surface area contributed by atoms with Gasteiger partial charge in [0.2, 0.25) is 0 Å². The molecule has 2 saturated carbocycles. The molecule has 1 aliphatic heterocycles. The number of rotatable bonds is 7. The Bertz CT molecular complexity index is 1870. The quantitative estimate of drug-likeness (QED) is 0.183. The Labute approximate surface area is 262 Å². The number of hydrogen-bond donors (Lipinski definition) is 0. The first-order valence-corrected chi connectivity index (χ1v) is 19.0. The van der Waals surface area contributed by atoms with Crippen LogP contribution >= 0.6 is 14.3 Å². The van der Waals surface area contributed by atoms with E-state index in [4.69, 9.17) is 4.84 Å². The summed E-state index contributed by atoms with van der Waals surface area (Å²) in [5.74, 6) is -0.741. The summed E-state index contributed by atoms with van der Waals surface area (Å²) in [5.41, 5.74) is 0.655. The molecule has 2 fully saturated rings. The number of nitrogens with zero attached hydrogens (tertiary/aromatic N) is 1. The van der Waals surface area contributed by atoms with Crippen molar-refractivity contribution in [1.82, 2.24) is 0 Å². The molecule has 3 aliphatic rings. The molecular weight excluding hydrogens is 599 g/mol. The maximum atomic E-state index is 16.4. The summed E-state index contributed by atoms with van der Waals surface area (Å²) < 4.78 is 46.6. The number of halogens is 1. The van der Waals surface area contributed by atoms with Crippen LogP contribution in [-0.4, -0.2) is 23.1 Å². The Morgan fingerprint density at radius 1 is 0.556 bits per heavy atom. The number of oxime groups is 1. The minimum absolute atomic E-state index is 0.122. The zero-order valence-corrected chi connectivity index (χ0v) is 26.3. The first-order valence-electron chi connectivity index (χ1n) is 15.4. The van der Waals surface area contributed by atoms with E-state index in [9.17, 15) is 4.39 Å². The number of fused-ring (bicyclic) bond motifs is 5. The summed E-state index contributed by atoms with van der Waals surface area (Å²) in [5, 5.41) is 7.66. The van der Waals surface area contributed by atoms with Gasteiger partial charge in [0.15, 0.2) is 0 Å². The molecule has 0 N–H and O–H groups in total. The zero-order valence-electron chi connectivity index (χ0n) is 24.5. The fraction of sp³-hybridized carbons (Fsp3) is 0.184. The van der Waals surface area contributed by atoms with E-state index in [1.807, 2.05) is 121 Å². The minimum atomic E-state index is -3.43. The summed E-state index contributed by atoms with van der Waals surface area (Å²) in [6.07, 6.45) is 0.412. The smallest absolute Gasteiger partial charge is 0.147 e. The number of hydrogen-bond acceptors (Lipinski definition) is 4. The lowest BCUT2D eigenvalue weighted by Gasteiger charge is -2.44. The van der Waals surface area contributed by atoms with Gasteiger partial charge in [-0.15, -0.1) is 0 Å². The molecule has 1 heterocycles. The van der Waals surface area contributed by atoms with Gasteiger partial charge in [0, 0.05) is 44.4 Å². The lowest BCUT2D eigenvalue weighted by Crippen LogP contribution is -2.50. The van der Waals surface area contributed by atoms with Crippen molar-refractivity contribution in [2.75, 3.05) is 0 Å². The molecule has 0 saturated heterocycles. The highest BCUT2D eigenvalue weighted by atomic mass is 31.2. The van der Waals surface area contributed by atoms with Crippen LogP contribution in [0.4, 0.5) is 4.39 Å². The van der Waals surface area contributed by atoms with Crippen LogP contribution in [0.3, 0.4) is 0 Å². The van der Waals surface area contributed by atoms with Crippen LogP contribution in [0.15, 0.2) is 151 Å². The highest BCUT2D eigenvalue weighted by Crippen LogP contribution is 2.73. The Kier molecular flexibility index (Phi) is 7.01. The van der Waals surface area contributed by atoms with E-state index in [2.05, 4.69) is 5.16 Å². The summed E-state index contributed by atoms with van der Waals surface area (Å²) >= 11 is 0. The van der Waals surface area contributed by atoms with Gasteiger partial charge in [-0.25, -0.2) is 4.39 Å². The second kappa shape index (κ2) is 11.1. The van der Waals surface area contributed by atoms with E-state index in [0.29, 0.717) is 0 Å². The maximum absolute atomic E-state index is 16.4. The summed E-state index contributed by atoms with van der Waals surface area (Å²) in [6, 6.07) is 45.3. The van der Waals surface area contributed by atoms with Crippen LogP contribution in [-0.2, 0) is 14.0 Å². The van der Waals surface area contributed by atoms with Crippen LogP contribution in [0.1, 0.15) is 12.0 Å². The van der Waals surface area contributed by atoms with Crippen LogP contribution in [0.5, 0.6) is 0 Å². The van der Waals surface area contributed by atoms with E-state index in [0.717, 1.165) is 38.9 Å². The van der Waals surface area contributed by atoms with Crippen molar-refractivity contribution in [2.24, 2.45) is 22.9 Å². The lowest BCUT2D eigenvalue weighted by atomic mass is 9.80. The Morgan fingerprint density at radius 2 is 0.956 bits per heavy atom. The van der Waals surface area contributed by atoms with Crippen molar-refractivity contribution in [3.8, 4) is 0 Å². The molecule has 0 amide bonds. The molecule has 0 spiro atoms. The largest absolute Gasteiger partial charge is 0.391 e. The molecule has 0 aromatic heterocycles. The fourth-order valence-electron chi connectivity index (χ4n) is 8.40. The third kappa shape index (κ3) is 4.36. The van der Waals surface area contributed by atoms with Gasteiger partial charge in [-0.2, -0.15) is 0 Å². The van der Waals surface area contributed by atoms with Gasteiger partial charge >= 0.3 is 0 Å². The van der Waals surface area contributed by atoms with Crippen LogP contribution < -0.4 is 21.2 Å². The molecule has 5 aromatic rings. The van der Waals surface area contributed by atoms with E-state index < -0.39 is 25.6 Å². The summed E-state index contributed by atoms with van der Waals surface area (Å²) in [6.45, 7) is 0. The van der Waals surface area contributed by atoms with Gasteiger partial charge in [-0.05, 0) is 30.0 Å². The fourth-order valence-corrected chi connectivity index (χ4v) is 16.9. The Balaban J connectivity index is 1.38. The normalized spacial score (nSPS) is 25.4. The van der Waals surface area contributed by atoms with Crippen LogP contribution in [0, 0.1) is 23.6 Å². The van der Waals surface area contributed by atoms with Gasteiger partial charge in [0.1, 0.15) is 26.2 Å². The molecule has 5 aromatic carbocycles. The molecule has 45 heavy (non-hydrogen) atoms. The third-order valence-electron chi connectivity index (χ3n) is 10.1. The van der Waals surface area contributed by atoms with E-state index in [1.54, 1.807) is 12.1 Å². The average molecular weight is 632 g/mol. The topological polar surface area (TPSA) is 55.7 Å². The lowest BCUT2D eigenvalue weighted by molar-refractivity contribution is 0.0293. The maximum Gasteiger partial charge on any atom is 0.147 e. The first-order chi connectivity index (χ1) is 22.0. The predicted molar refractivity (Wildman–Crippen MR) is 180 cm³/mol. The molecule has 7 heteroatoms. The van der Waals surface area contributed by atoms with E-state index in [-0.39, 0.29) is 29.7 Å². The monoisotopic (exact) mass is 631 g/mol. The standard InChI is InChI=1S/C38H32FNO3P2/c39-27-23-21-26(22-24-27)35-34-32-25-33(36(34)43-40-35)38(45(42,30-17-9-3-10-18-30)31-19-11-4-12-20-31)37(32)44(41,28-13-5-1-6-14-28)29-15-7-2-8-16-29/h1-24,32-34,36-38H,25H2/t32-,33-,34+,36-,37-,38+/m1/s1. The van der Waals surface area contributed by atoms with Crippen molar-refractivity contribution in [2.45, 2.75) is 23.8 Å². The second-order valence-electron chi connectivity index (χ2n) is 12.3. The SMILES string of the molecule is O=P(c1ccccc1)(c1ccccc1)[C@@H]1[C@@H]2C[C@H]([C@H]3ON=C(c4ccc(F)cc4)[C@H]23)[C@@H]1P(=O)(c1ccccc1)c1ccccc1. The second-order valence-corrected chi connectivity index (χ2v) is 18.2. The van der Waals surface area contributed by atoms with Gasteiger partial charge in [-0.1, -0.05) is 139 Å². The summed E-state index contributed by atoms with van der Waals surface area (Å²) in [7, 11) is -6.83. The van der Waals surface area contributed by atoms with Crippen LogP contribution in [0.25, 0.3) is 0 Å². The van der Waals surface area contributed by atoms with Crippen molar-refractivity contribution < 1.29 is 18.4 Å². The van der Waals surface area contributed by atoms with Crippen molar-refractivity contribution in [3.05, 3.63) is 157 Å². The first kappa shape index (κ1) is 28.4. The summed E-state index contributed by atoms with van der Waals surface area (Å²) in [4.78, 5) is 6.26. The third-order valence-corrected chi connectivity index (χ3v) is 17.7. The number of benzene rings is 5. The van der Waals surface area contributed by atoms with Crippen molar-refractivity contribution in [1.29, 1.82) is 0 Å². The molecule has 0 radical (unpaired) electrons. The highest BCUT2D eigenvalue weighted by molar-refractivity contribution is 7.83. The molecule has 224 valence electrons. The molecule has 8 rings (SSSR count). The minimum Gasteiger partial charge on any atom is -0.391 e. The molecule has 2 bridgehead atoms. The molecule has 4 nitrogen and oxygen atoms in total. The van der Waals surface area contributed by atoms with Crippen molar-refractivity contribution in [3.63, 3.8) is 0 Å². The van der Waals surface area contributed by atoms with E-state index in [1.165, 1.54) is 12.1 Å². The molecule has 6 atom stereocenters. The zero-order chi connectivity index (χ0) is 30.6. The Hall–Kier alpha value is -4.04. The average Bonchev–Trinajstić information content (AvgIpc) is 3.82. The molecule has 0 unspecified atom stereocenters. The van der Waals surface area contributed by atoms with Gasteiger partial charge in [-0.3, -0.25) is 0 Å². The van der Waals surface area contributed by atoms with Gasteiger partial charge < -0.3 is 14.0 Å².